The van der Waals surface area contributed by atoms with Gasteiger partial charge in [-0.2, -0.15) is 0 Å². The molecule has 0 aromatic heterocycles. The molecule has 1 N–H and O–H groups in total. The highest BCUT2D eigenvalue weighted by atomic mass is 16.5. The highest BCUT2D eigenvalue weighted by Gasteiger charge is 2.34. The highest BCUT2D eigenvalue weighted by molar-refractivity contribution is 6.01. The molecule has 5 heteroatoms. The number of rotatable bonds is 4. The molecule has 1 unspecified atom stereocenters. The molecule has 3 rings (SSSR count). The van der Waals surface area contributed by atoms with Crippen molar-refractivity contribution in [3.8, 4) is 5.75 Å². The Morgan fingerprint density at radius 1 is 1.16 bits per heavy atom. The Balaban J connectivity index is 1.76. The van der Waals surface area contributed by atoms with Crippen molar-refractivity contribution < 1.29 is 14.3 Å². The molecule has 1 aliphatic rings. The van der Waals surface area contributed by atoms with Crippen LogP contribution in [-0.2, 0) is 4.79 Å². The summed E-state index contributed by atoms with van der Waals surface area (Å²) >= 11 is 0. The largest absolute Gasteiger partial charge is 0.496 e. The average Bonchev–Trinajstić information content (AvgIpc) is 3.12. The van der Waals surface area contributed by atoms with Gasteiger partial charge in [-0.3, -0.25) is 9.59 Å². The Labute approximate surface area is 147 Å². The zero-order valence-corrected chi connectivity index (χ0v) is 14.5. The zero-order valence-electron chi connectivity index (χ0n) is 14.5. The Morgan fingerprint density at radius 2 is 1.92 bits per heavy atom. The first kappa shape index (κ1) is 17.0. The van der Waals surface area contributed by atoms with Gasteiger partial charge >= 0.3 is 0 Å². The van der Waals surface area contributed by atoms with E-state index in [2.05, 4.69) is 5.32 Å². The minimum Gasteiger partial charge on any atom is -0.496 e. The quantitative estimate of drug-likeness (QED) is 0.931. The Morgan fingerprint density at radius 3 is 2.64 bits per heavy atom. The monoisotopic (exact) mass is 338 g/mol. The van der Waals surface area contributed by atoms with E-state index in [4.69, 9.17) is 4.74 Å². The lowest BCUT2D eigenvalue weighted by Gasteiger charge is -2.24. The number of hydrogen-bond donors (Lipinski definition) is 1. The van der Waals surface area contributed by atoms with Gasteiger partial charge in [-0.1, -0.05) is 24.3 Å². The standard InChI is InChI=1S/C20H22N2O3/c1-14-10-11-15(13-18(14)25-2)20(24)22-12-6-9-17(22)19(23)21-16-7-4-3-5-8-16/h3-5,7-8,10-11,13,17H,6,9,12H2,1-2H3,(H,21,23). The topological polar surface area (TPSA) is 58.6 Å². The van der Waals surface area contributed by atoms with Gasteiger partial charge in [0.2, 0.25) is 5.91 Å². The van der Waals surface area contributed by atoms with Crippen LogP contribution in [0.1, 0.15) is 28.8 Å². The van der Waals surface area contributed by atoms with E-state index >= 15 is 0 Å². The molecular weight excluding hydrogens is 316 g/mol. The first-order chi connectivity index (χ1) is 12.1. The maximum Gasteiger partial charge on any atom is 0.254 e. The van der Waals surface area contributed by atoms with E-state index in [0.717, 1.165) is 17.7 Å². The second-order valence-electron chi connectivity index (χ2n) is 6.20. The van der Waals surface area contributed by atoms with Crippen LogP contribution in [0.2, 0.25) is 0 Å². The smallest absolute Gasteiger partial charge is 0.254 e. The molecule has 0 radical (unpaired) electrons. The third-order valence-corrected chi connectivity index (χ3v) is 4.51. The molecule has 1 atom stereocenters. The molecule has 25 heavy (non-hydrogen) atoms. The van der Waals surface area contributed by atoms with Gasteiger partial charge in [-0.25, -0.2) is 0 Å². The molecule has 1 fully saturated rings. The molecule has 130 valence electrons. The van der Waals surface area contributed by atoms with Gasteiger partial charge in [0.05, 0.1) is 7.11 Å². The molecule has 2 amide bonds. The van der Waals surface area contributed by atoms with Crippen LogP contribution in [0.15, 0.2) is 48.5 Å². The number of para-hydroxylation sites is 1. The lowest BCUT2D eigenvalue weighted by Crippen LogP contribution is -2.43. The Hall–Kier alpha value is -2.82. The fourth-order valence-electron chi connectivity index (χ4n) is 3.15. The van der Waals surface area contributed by atoms with Crippen molar-refractivity contribution in [2.45, 2.75) is 25.8 Å². The van der Waals surface area contributed by atoms with Gasteiger partial charge in [-0.15, -0.1) is 0 Å². The summed E-state index contributed by atoms with van der Waals surface area (Å²) in [5.41, 5.74) is 2.25. The first-order valence-corrected chi connectivity index (χ1v) is 8.41. The van der Waals surface area contributed by atoms with E-state index in [1.807, 2.05) is 43.3 Å². The summed E-state index contributed by atoms with van der Waals surface area (Å²) in [6.45, 7) is 2.51. The number of ether oxygens (including phenoxy) is 1. The molecule has 1 heterocycles. The number of nitrogens with zero attached hydrogens (tertiary/aromatic N) is 1. The van der Waals surface area contributed by atoms with Crippen LogP contribution >= 0.6 is 0 Å². The van der Waals surface area contributed by atoms with Crippen LogP contribution in [0.5, 0.6) is 5.75 Å². The fourth-order valence-corrected chi connectivity index (χ4v) is 3.15. The van der Waals surface area contributed by atoms with Gasteiger partial charge in [0.25, 0.3) is 5.91 Å². The summed E-state index contributed by atoms with van der Waals surface area (Å²) < 4.78 is 5.30. The summed E-state index contributed by atoms with van der Waals surface area (Å²) in [7, 11) is 1.59. The second kappa shape index (κ2) is 7.38. The van der Waals surface area contributed by atoms with E-state index in [9.17, 15) is 9.59 Å². The van der Waals surface area contributed by atoms with Crippen molar-refractivity contribution in [3.63, 3.8) is 0 Å². The molecular formula is C20H22N2O3. The number of nitrogens with one attached hydrogen (secondary N) is 1. The predicted molar refractivity (Wildman–Crippen MR) is 96.9 cm³/mol. The maximum absolute atomic E-state index is 12.9. The fraction of sp³-hybridized carbons (Fsp3) is 0.300. The lowest BCUT2D eigenvalue weighted by atomic mass is 10.1. The molecule has 0 spiro atoms. The Bertz CT molecular complexity index is 774. The molecule has 2 aromatic carbocycles. The van der Waals surface area contributed by atoms with Crippen molar-refractivity contribution in [1.82, 2.24) is 4.90 Å². The third-order valence-electron chi connectivity index (χ3n) is 4.51. The molecule has 0 saturated carbocycles. The molecule has 1 aliphatic heterocycles. The third kappa shape index (κ3) is 3.65. The number of methoxy groups -OCH3 is 1. The lowest BCUT2D eigenvalue weighted by molar-refractivity contribution is -0.119. The molecule has 1 saturated heterocycles. The van der Waals surface area contributed by atoms with Crippen LogP contribution in [0, 0.1) is 6.92 Å². The van der Waals surface area contributed by atoms with Gasteiger partial charge in [0, 0.05) is 17.8 Å². The van der Waals surface area contributed by atoms with Crippen molar-refractivity contribution in [2.75, 3.05) is 19.0 Å². The van der Waals surface area contributed by atoms with Crippen LogP contribution in [0.25, 0.3) is 0 Å². The number of aryl methyl sites for hydroxylation is 1. The van der Waals surface area contributed by atoms with E-state index < -0.39 is 6.04 Å². The van der Waals surface area contributed by atoms with E-state index in [0.29, 0.717) is 24.3 Å². The molecule has 2 aromatic rings. The molecule has 0 bridgehead atoms. The van der Waals surface area contributed by atoms with Gasteiger partial charge in [0.1, 0.15) is 11.8 Å². The van der Waals surface area contributed by atoms with Crippen LogP contribution in [-0.4, -0.2) is 36.4 Å². The van der Waals surface area contributed by atoms with Crippen molar-refractivity contribution in [3.05, 3.63) is 59.7 Å². The molecule has 0 aliphatic carbocycles. The van der Waals surface area contributed by atoms with Gasteiger partial charge in [-0.05, 0) is 49.6 Å². The summed E-state index contributed by atoms with van der Waals surface area (Å²) in [6, 6.07) is 14.2. The SMILES string of the molecule is COc1cc(C(=O)N2CCCC2C(=O)Nc2ccccc2)ccc1C. The van der Waals surface area contributed by atoms with Crippen molar-refractivity contribution in [1.29, 1.82) is 0 Å². The second-order valence-corrected chi connectivity index (χ2v) is 6.20. The summed E-state index contributed by atoms with van der Waals surface area (Å²) in [5, 5.41) is 2.89. The first-order valence-electron chi connectivity index (χ1n) is 8.41. The van der Waals surface area contributed by atoms with Gasteiger partial charge in [0.15, 0.2) is 0 Å². The maximum atomic E-state index is 12.9. The van der Waals surface area contributed by atoms with Crippen LogP contribution < -0.4 is 10.1 Å². The number of amides is 2. The van der Waals surface area contributed by atoms with Crippen LogP contribution in [0.3, 0.4) is 0 Å². The van der Waals surface area contributed by atoms with E-state index in [1.54, 1.807) is 24.1 Å². The predicted octanol–water partition coefficient (Wildman–Crippen LogP) is 3.25. The summed E-state index contributed by atoms with van der Waals surface area (Å²) in [4.78, 5) is 27.1. The number of likely N-dealkylation sites (tertiary alicyclic amines) is 1. The minimum absolute atomic E-state index is 0.135. The average molecular weight is 338 g/mol. The van der Waals surface area contributed by atoms with Crippen LogP contribution in [0.4, 0.5) is 5.69 Å². The number of anilines is 1. The number of benzene rings is 2. The number of carbonyl (C=O) groups is 2. The van der Waals surface area contributed by atoms with E-state index in [1.165, 1.54) is 0 Å². The van der Waals surface area contributed by atoms with Crippen molar-refractivity contribution >= 4 is 17.5 Å². The number of carbonyl (C=O) groups excluding carboxylic acids is 2. The summed E-state index contributed by atoms with van der Waals surface area (Å²) in [6.07, 6.45) is 1.50. The normalized spacial score (nSPS) is 16.6. The van der Waals surface area contributed by atoms with E-state index in [-0.39, 0.29) is 11.8 Å². The molecule has 5 nitrogen and oxygen atoms in total. The van der Waals surface area contributed by atoms with Gasteiger partial charge < -0.3 is 15.0 Å². The highest BCUT2D eigenvalue weighted by Crippen LogP contribution is 2.25. The summed E-state index contributed by atoms with van der Waals surface area (Å²) in [5.74, 6) is 0.399. The van der Waals surface area contributed by atoms with Crippen molar-refractivity contribution in [2.24, 2.45) is 0 Å². The Kier molecular flexibility index (Phi) is 5.03. The number of hydrogen-bond acceptors (Lipinski definition) is 3. The minimum atomic E-state index is -0.444. The zero-order chi connectivity index (χ0) is 17.8.